The largest absolute Gasteiger partial charge is 0.494 e. The highest BCUT2D eigenvalue weighted by molar-refractivity contribution is 7.89. The van der Waals surface area contributed by atoms with Gasteiger partial charge in [0, 0.05) is 19.5 Å². The van der Waals surface area contributed by atoms with Gasteiger partial charge in [-0.25, -0.2) is 13.2 Å². The van der Waals surface area contributed by atoms with Crippen molar-refractivity contribution in [3.05, 3.63) is 59.7 Å². The minimum absolute atomic E-state index is 0.0689. The molecule has 2 aromatic carbocycles. The molecular formula is C26H35N3O6S. The first-order chi connectivity index (χ1) is 17.1. The fraction of sp³-hybridized carbons (Fsp3) is 0.462. The average molecular weight is 518 g/mol. The first kappa shape index (κ1) is 27.6. The Morgan fingerprint density at radius 2 is 1.81 bits per heavy atom. The van der Waals surface area contributed by atoms with E-state index in [4.69, 9.17) is 4.74 Å². The highest BCUT2D eigenvalue weighted by Crippen LogP contribution is 2.26. The molecule has 2 atom stereocenters. The smallest absolute Gasteiger partial charge is 0.326 e. The lowest BCUT2D eigenvalue weighted by atomic mass is 10.1. The van der Waals surface area contributed by atoms with Gasteiger partial charge in [0.25, 0.3) is 0 Å². The van der Waals surface area contributed by atoms with E-state index >= 15 is 0 Å². The van der Waals surface area contributed by atoms with Crippen molar-refractivity contribution < 1.29 is 27.9 Å². The van der Waals surface area contributed by atoms with E-state index in [9.17, 15) is 23.1 Å². The molecule has 2 N–H and O–H groups in total. The van der Waals surface area contributed by atoms with Crippen LogP contribution in [0.15, 0.2) is 53.4 Å². The molecule has 9 nitrogen and oxygen atoms in total. The van der Waals surface area contributed by atoms with Crippen molar-refractivity contribution in [2.45, 2.75) is 49.6 Å². The van der Waals surface area contributed by atoms with Gasteiger partial charge >= 0.3 is 5.97 Å². The first-order valence-electron chi connectivity index (χ1n) is 12.1. The van der Waals surface area contributed by atoms with Crippen molar-refractivity contribution in [3.8, 4) is 5.75 Å². The number of sulfonamides is 1. The maximum absolute atomic E-state index is 13.1. The Balaban J connectivity index is 1.63. The lowest BCUT2D eigenvalue weighted by Crippen LogP contribution is -2.51. The summed E-state index contributed by atoms with van der Waals surface area (Å²) in [5.41, 5.74) is 1.65. The summed E-state index contributed by atoms with van der Waals surface area (Å²) < 4.78 is 33.2. The van der Waals surface area contributed by atoms with Crippen LogP contribution in [0.1, 0.15) is 30.4 Å². The number of carboxylic acid groups (broad SMARTS) is 1. The van der Waals surface area contributed by atoms with Gasteiger partial charge in [0.05, 0.1) is 11.5 Å². The average Bonchev–Trinajstić information content (AvgIpc) is 3.34. The van der Waals surface area contributed by atoms with Crippen molar-refractivity contribution in [2.24, 2.45) is 0 Å². The summed E-state index contributed by atoms with van der Waals surface area (Å²) in [6.07, 6.45) is 1.82. The van der Waals surface area contributed by atoms with E-state index in [0.29, 0.717) is 25.2 Å². The standard InChI is InChI=1S/C26H35N3O6S/c1-19-7-13-22(14-8-19)36(33,34)29-16-4-6-24(29)25(30)27-23(26(31)32)18-20-9-11-21(12-10-20)35-17-5-15-28(2)3/h7-14,23-24H,4-6,15-18H2,1-3H3,(H,27,30)(H,31,32)/t23-,24-/m0/s1. The third-order valence-corrected chi connectivity index (χ3v) is 8.05. The molecule has 0 spiro atoms. The third-order valence-electron chi connectivity index (χ3n) is 6.13. The number of aryl methyl sites for hydroxylation is 1. The topological polar surface area (TPSA) is 116 Å². The van der Waals surface area contributed by atoms with E-state index < -0.39 is 34.0 Å². The molecule has 2 aromatic rings. The number of carbonyl (C=O) groups is 2. The number of carboxylic acids is 1. The molecule has 1 aliphatic heterocycles. The molecule has 1 amide bonds. The quantitative estimate of drug-likeness (QED) is 0.415. The van der Waals surface area contributed by atoms with Crippen LogP contribution in [0.2, 0.25) is 0 Å². The van der Waals surface area contributed by atoms with Gasteiger partial charge in [-0.3, -0.25) is 4.79 Å². The number of benzene rings is 2. The van der Waals surface area contributed by atoms with Crippen LogP contribution >= 0.6 is 0 Å². The molecular weight excluding hydrogens is 482 g/mol. The van der Waals surface area contributed by atoms with Crippen molar-refractivity contribution in [1.82, 2.24) is 14.5 Å². The maximum Gasteiger partial charge on any atom is 0.326 e. The summed E-state index contributed by atoms with van der Waals surface area (Å²) in [6.45, 7) is 3.57. The fourth-order valence-electron chi connectivity index (χ4n) is 4.13. The van der Waals surface area contributed by atoms with Gasteiger partial charge in [-0.05, 0) is 70.1 Å². The zero-order valence-electron chi connectivity index (χ0n) is 21.0. The number of nitrogens with one attached hydrogen (secondary N) is 1. The van der Waals surface area contributed by atoms with Crippen molar-refractivity contribution in [1.29, 1.82) is 0 Å². The zero-order chi connectivity index (χ0) is 26.3. The Morgan fingerprint density at radius 3 is 2.42 bits per heavy atom. The number of nitrogens with zero attached hydrogens (tertiary/aromatic N) is 2. The minimum atomic E-state index is -3.88. The molecule has 1 heterocycles. The minimum Gasteiger partial charge on any atom is -0.494 e. The maximum atomic E-state index is 13.1. The predicted molar refractivity (Wildman–Crippen MR) is 136 cm³/mol. The fourth-order valence-corrected chi connectivity index (χ4v) is 5.79. The molecule has 1 aliphatic rings. The Hall–Kier alpha value is -2.95. The Bertz CT molecular complexity index is 1130. The summed E-state index contributed by atoms with van der Waals surface area (Å²) in [5.74, 6) is -1.09. The van der Waals surface area contributed by atoms with Crippen molar-refractivity contribution in [2.75, 3.05) is 33.8 Å². The second-order valence-corrected chi connectivity index (χ2v) is 11.2. The number of aliphatic carboxylic acids is 1. The first-order valence-corrected chi connectivity index (χ1v) is 13.5. The summed E-state index contributed by atoms with van der Waals surface area (Å²) in [5, 5.41) is 12.3. The molecule has 0 saturated carbocycles. The van der Waals surface area contributed by atoms with Gasteiger partial charge in [0.1, 0.15) is 17.8 Å². The summed E-state index contributed by atoms with van der Waals surface area (Å²) in [4.78, 5) is 27.1. The van der Waals surface area contributed by atoms with Crippen LogP contribution in [0.5, 0.6) is 5.75 Å². The van der Waals surface area contributed by atoms with Crippen LogP contribution in [0.3, 0.4) is 0 Å². The van der Waals surface area contributed by atoms with E-state index in [1.165, 1.54) is 16.4 Å². The van der Waals surface area contributed by atoms with Crippen molar-refractivity contribution >= 4 is 21.9 Å². The van der Waals surface area contributed by atoms with Crippen LogP contribution in [-0.2, 0) is 26.0 Å². The van der Waals surface area contributed by atoms with Crippen LogP contribution in [0.25, 0.3) is 0 Å². The SMILES string of the molecule is Cc1ccc(S(=O)(=O)N2CCC[C@H]2C(=O)N[C@@H](Cc2ccc(OCCCN(C)C)cc2)C(=O)O)cc1. The number of ether oxygens (including phenoxy) is 1. The second-order valence-electron chi connectivity index (χ2n) is 9.34. The van der Waals surface area contributed by atoms with Crippen molar-refractivity contribution in [3.63, 3.8) is 0 Å². The number of hydrogen-bond donors (Lipinski definition) is 2. The highest BCUT2D eigenvalue weighted by Gasteiger charge is 2.40. The number of amides is 1. The number of carbonyl (C=O) groups excluding carboxylic acids is 1. The second kappa shape index (κ2) is 12.3. The summed E-state index contributed by atoms with van der Waals surface area (Å²) in [6, 6.07) is 11.4. The zero-order valence-corrected chi connectivity index (χ0v) is 21.8. The van der Waals surface area contributed by atoms with Crippen LogP contribution in [0.4, 0.5) is 0 Å². The molecule has 0 unspecified atom stereocenters. The molecule has 196 valence electrons. The van der Waals surface area contributed by atoms with E-state index in [0.717, 1.165) is 24.1 Å². The Morgan fingerprint density at radius 1 is 1.14 bits per heavy atom. The summed E-state index contributed by atoms with van der Waals surface area (Å²) >= 11 is 0. The van der Waals surface area contributed by atoms with E-state index in [-0.39, 0.29) is 17.9 Å². The normalized spacial score (nSPS) is 17.2. The molecule has 10 heteroatoms. The van der Waals surface area contributed by atoms with Crippen LogP contribution < -0.4 is 10.1 Å². The van der Waals surface area contributed by atoms with E-state index in [2.05, 4.69) is 10.2 Å². The molecule has 0 aliphatic carbocycles. The highest BCUT2D eigenvalue weighted by atomic mass is 32.2. The molecule has 0 aromatic heterocycles. The van der Waals surface area contributed by atoms with E-state index in [1.807, 2.05) is 21.0 Å². The molecule has 0 bridgehead atoms. The third kappa shape index (κ3) is 7.28. The monoisotopic (exact) mass is 517 g/mol. The van der Waals surface area contributed by atoms with Crippen LogP contribution in [-0.4, -0.2) is 80.5 Å². The van der Waals surface area contributed by atoms with Crippen LogP contribution in [0, 0.1) is 6.92 Å². The van der Waals surface area contributed by atoms with Gasteiger partial charge in [0.2, 0.25) is 15.9 Å². The summed E-state index contributed by atoms with van der Waals surface area (Å²) in [7, 11) is 0.124. The van der Waals surface area contributed by atoms with Gasteiger partial charge in [-0.15, -0.1) is 0 Å². The molecule has 0 radical (unpaired) electrons. The molecule has 3 rings (SSSR count). The molecule has 1 saturated heterocycles. The Labute approximate surface area is 213 Å². The Kier molecular flexibility index (Phi) is 9.47. The van der Waals surface area contributed by atoms with Gasteiger partial charge in [-0.1, -0.05) is 29.8 Å². The van der Waals surface area contributed by atoms with Gasteiger partial charge < -0.3 is 20.1 Å². The van der Waals surface area contributed by atoms with E-state index in [1.54, 1.807) is 36.4 Å². The lowest BCUT2D eigenvalue weighted by Gasteiger charge is -2.25. The molecule has 36 heavy (non-hydrogen) atoms. The molecule has 1 fully saturated rings. The van der Waals surface area contributed by atoms with Gasteiger partial charge in [0.15, 0.2) is 0 Å². The predicted octanol–water partition coefficient (Wildman–Crippen LogP) is 2.29. The number of rotatable bonds is 12. The van der Waals surface area contributed by atoms with Gasteiger partial charge in [-0.2, -0.15) is 4.31 Å². The number of hydrogen-bond acceptors (Lipinski definition) is 6. The lowest BCUT2D eigenvalue weighted by molar-refractivity contribution is -0.142.